The summed E-state index contributed by atoms with van der Waals surface area (Å²) in [4.78, 5) is 0.668. The van der Waals surface area contributed by atoms with Crippen molar-refractivity contribution in [2.24, 2.45) is 0 Å². The zero-order valence-corrected chi connectivity index (χ0v) is 11.1. The molecule has 1 aromatic heterocycles. The predicted octanol–water partition coefficient (Wildman–Crippen LogP) is 4.38. The molecule has 1 heterocycles. The van der Waals surface area contributed by atoms with Crippen molar-refractivity contribution in [3.63, 3.8) is 0 Å². The van der Waals surface area contributed by atoms with Crippen LogP contribution in [0.4, 0.5) is 4.39 Å². The van der Waals surface area contributed by atoms with Crippen LogP contribution in [0.25, 0.3) is 0 Å². The van der Waals surface area contributed by atoms with E-state index in [-0.39, 0.29) is 5.56 Å². The summed E-state index contributed by atoms with van der Waals surface area (Å²) in [5, 5.41) is 12.3. The van der Waals surface area contributed by atoms with E-state index in [4.69, 9.17) is 11.6 Å². The summed E-state index contributed by atoms with van der Waals surface area (Å²) in [6.07, 6.45) is -0.993. The molecule has 84 valence electrons. The first kappa shape index (κ1) is 12.0. The number of hydrogen-bond acceptors (Lipinski definition) is 2. The molecule has 0 spiro atoms. The minimum Gasteiger partial charge on any atom is -0.383 e. The molecule has 0 amide bonds. The lowest BCUT2D eigenvalue weighted by Gasteiger charge is -2.11. The second-order valence-electron chi connectivity index (χ2n) is 3.20. The van der Waals surface area contributed by atoms with Gasteiger partial charge < -0.3 is 5.11 Å². The third-order valence-electron chi connectivity index (χ3n) is 2.15. The van der Waals surface area contributed by atoms with Gasteiger partial charge in [-0.05, 0) is 45.6 Å². The average Bonchev–Trinajstić information content (AvgIpc) is 2.67. The first-order valence-electron chi connectivity index (χ1n) is 4.45. The summed E-state index contributed by atoms with van der Waals surface area (Å²) in [5.74, 6) is -0.461. The van der Waals surface area contributed by atoms with E-state index in [1.165, 1.54) is 29.5 Å². The molecule has 1 nitrogen and oxygen atoms in total. The quantitative estimate of drug-likeness (QED) is 0.870. The van der Waals surface area contributed by atoms with E-state index in [1.54, 1.807) is 0 Å². The molecular weight excluding hydrogens is 315 g/mol. The number of hydrogen-bond donors (Lipinski definition) is 1. The maximum atomic E-state index is 13.5. The Morgan fingerprint density at radius 1 is 1.38 bits per heavy atom. The summed E-state index contributed by atoms with van der Waals surface area (Å²) >= 11 is 10.4. The number of halogens is 3. The van der Waals surface area contributed by atoms with Crippen molar-refractivity contribution in [1.29, 1.82) is 0 Å². The van der Waals surface area contributed by atoms with Crippen molar-refractivity contribution in [2.45, 2.75) is 6.10 Å². The van der Waals surface area contributed by atoms with Crippen molar-refractivity contribution in [3.05, 3.63) is 55.4 Å². The van der Waals surface area contributed by atoms with Gasteiger partial charge in [0.2, 0.25) is 0 Å². The smallest absolute Gasteiger partial charge is 0.129 e. The normalized spacial score (nSPS) is 12.8. The Labute approximate surface area is 110 Å². The Morgan fingerprint density at radius 3 is 2.75 bits per heavy atom. The zero-order valence-electron chi connectivity index (χ0n) is 7.95. The van der Waals surface area contributed by atoms with Gasteiger partial charge in [0, 0.05) is 15.1 Å². The van der Waals surface area contributed by atoms with Crippen LogP contribution in [0.1, 0.15) is 16.5 Å². The van der Waals surface area contributed by atoms with Gasteiger partial charge >= 0.3 is 0 Å². The van der Waals surface area contributed by atoms with Gasteiger partial charge in [0.25, 0.3) is 0 Å². The average molecular weight is 322 g/mol. The second kappa shape index (κ2) is 4.84. The van der Waals surface area contributed by atoms with Gasteiger partial charge in [-0.1, -0.05) is 11.6 Å². The number of rotatable bonds is 2. The molecule has 1 unspecified atom stereocenters. The van der Waals surface area contributed by atoms with Gasteiger partial charge in [-0.2, -0.15) is 0 Å². The second-order valence-corrected chi connectivity index (χ2v) is 5.44. The zero-order chi connectivity index (χ0) is 11.7. The maximum absolute atomic E-state index is 13.5. The molecular formula is C11H7BrClFOS. The molecule has 0 bridgehead atoms. The lowest BCUT2D eigenvalue weighted by Crippen LogP contribution is -2.01. The van der Waals surface area contributed by atoms with Crippen molar-refractivity contribution in [2.75, 3.05) is 0 Å². The third-order valence-corrected chi connectivity index (χ3v) is 4.30. The molecule has 0 aliphatic rings. The molecule has 1 aromatic carbocycles. The van der Waals surface area contributed by atoms with E-state index in [2.05, 4.69) is 15.9 Å². The lowest BCUT2D eigenvalue weighted by molar-refractivity contribution is 0.218. The van der Waals surface area contributed by atoms with E-state index in [9.17, 15) is 9.50 Å². The van der Waals surface area contributed by atoms with Gasteiger partial charge in [0.15, 0.2) is 0 Å². The van der Waals surface area contributed by atoms with E-state index in [1.807, 2.05) is 11.4 Å². The number of aliphatic hydroxyl groups excluding tert-OH is 1. The highest BCUT2D eigenvalue weighted by atomic mass is 79.9. The highest BCUT2D eigenvalue weighted by molar-refractivity contribution is 9.10. The minimum absolute atomic E-state index is 0.190. The van der Waals surface area contributed by atoms with Crippen LogP contribution in [0.2, 0.25) is 5.02 Å². The van der Waals surface area contributed by atoms with E-state index in [0.717, 1.165) is 4.47 Å². The summed E-state index contributed by atoms with van der Waals surface area (Å²) < 4.78 is 14.3. The topological polar surface area (TPSA) is 20.2 Å². The predicted molar refractivity (Wildman–Crippen MR) is 67.5 cm³/mol. The SMILES string of the molecule is OC(c1cc(Cl)ccc1F)c1sccc1Br. The molecule has 0 aliphatic carbocycles. The van der Waals surface area contributed by atoms with Gasteiger partial charge in [0.1, 0.15) is 11.9 Å². The Balaban J connectivity index is 2.45. The number of thiophene rings is 1. The molecule has 0 fully saturated rings. The summed E-state index contributed by atoms with van der Waals surface area (Å²) in [6, 6.07) is 5.96. The van der Waals surface area contributed by atoms with E-state index < -0.39 is 11.9 Å². The largest absolute Gasteiger partial charge is 0.383 e. The first-order chi connectivity index (χ1) is 7.59. The Kier molecular flexibility index (Phi) is 3.64. The molecule has 2 rings (SSSR count). The van der Waals surface area contributed by atoms with Gasteiger partial charge in [-0.25, -0.2) is 4.39 Å². The molecule has 0 saturated heterocycles. The molecule has 0 radical (unpaired) electrons. The van der Waals surface area contributed by atoms with Gasteiger partial charge in [-0.3, -0.25) is 0 Å². The molecule has 5 heteroatoms. The van der Waals surface area contributed by atoms with Crippen molar-refractivity contribution >= 4 is 38.9 Å². The number of benzene rings is 1. The van der Waals surface area contributed by atoms with E-state index >= 15 is 0 Å². The van der Waals surface area contributed by atoms with Crippen LogP contribution in [0.5, 0.6) is 0 Å². The van der Waals surface area contributed by atoms with Crippen molar-refractivity contribution < 1.29 is 9.50 Å². The fourth-order valence-electron chi connectivity index (χ4n) is 1.37. The van der Waals surface area contributed by atoms with Crippen LogP contribution in [-0.4, -0.2) is 5.11 Å². The molecule has 1 atom stereocenters. The first-order valence-corrected chi connectivity index (χ1v) is 6.50. The molecule has 16 heavy (non-hydrogen) atoms. The number of aliphatic hydroxyl groups is 1. The van der Waals surface area contributed by atoms with Crippen LogP contribution in [0.15, 0.2) is 34.1 Å². The Morgan fingerprint density at radius 2 is 2.12 bits per heavy atom. The molecule has 0 aliphatic heterocycles. The summed E-state index contributed by atoms with van der Waals surface area (Å²) in [7, 11) is 0. The van der Waals surface area contributed by atoms with Crippen LogP contribution >= 0.6 is 38.9 Å². The Hall–Kier alpha value is -0.420. The lowest BCUT2D eigenvalue weighted by atomic mass is 10.1. The third kappa shape index (κ3) is 2.30. The molecule has 2 aromatic rings. The fraction of sp³-hybridized carbons (Fsp3) is 0.0909. The van der Waals surface area contributed by atoms with Gasteiger partial charge in [-0.15, -0.1) is 11.3 Å². The summed E-state index contributed by atoms with van der Waals surface area (Å²) in [5.41, 5.74) is 0.190. The van der Waals surface area contributed by atoms with Crippen LogP contribution in [0.3, 0.4) is 0 Å². The van der Waals surface area contributed by atoms with Crippen LogP contribution < -0.4 is 0 Å². The minimum atomic E-state index is -0.993. The maximum Gasteiger partial charge on any atom is 0.129 e. The fourth-order valence-corrected chi connectivity index (χ4v) is 3.14. The highest BCUT2D eigenvalue weighted by Gasteiger charge is 2.18. The summed E-state index contributed by atoms with van der Waals surface area (Å²) in [6.45, 7) is 0. The standard InChI is InChI=1S/C11H7BrClFOS/c12-8-3-4-16-11(8)10(15)7-5-6(13)1-2-9(7)14/h1-5,10,15H. The van der Waals surface area contributed by atoms with Crippen molar-refractivity contribution in [3.8, 4) is 0 Å². The monoisotopic (exact) mass is 320 g/mol. The van der Waals surface area contributed by atoms with Crippen molar-refractivity contribution in [1.82, 2.24) is 0 Å². The van der Waals surface area contributed by atoms with Crippen LogP contribution in [0, 0.1) is 5.82 Å². The molecule has 1 N–H and O–H groups in total. The van der Waals surface area contributed by atoms with Gasteiger partial charge in [0.05, 0.1) is 4.88 Å². The highest BCUT2D eigenvalue weighted by Crippen LogP contribution is 2.34. The van der Waals surface area contributed by atoms with Crippen LogP contribution in [-0.2, 0) is 0 Å². The molecule has 0 saturated carbocycles. The Bertz CT molecular complexity index is 514. The van der Waals surface area contributed by atoms with E-state index in [0.29, 0.717) is 9.90 Å².